The molecular weight excluding hydrogens is 337 g/mol. The van der Waals surface area contributed by atoms with Gasteiger partial charge in [0, 0.05) is 9.13 Å². The minimum absolute atomic E-state index is 0.260. The van der Waals surface area contributed by atoms with E-state index in [0.29, 0.717) is 5.56 Å². The second-order valence-electron chi connectivity index (χ2n) is 3.44. The standard InChI is InChI=1S/C13H9ClFI/c14-13(9-4-2-1-3-5-9)11-8-10(16)6-7-12(11)15/h1-8,13H. The molecule has 0 spiro atoms. The van der Waals surface area contributed by atoms with Crippen molar-refractivity contribution in [2.24, 2.45) is 0 Å². The second-order valence-corrected chi connectivity index (χ2v) is 5.12. The van der Waals surface area contributed by atoms with Crippen molar-refractivity contribution in [3.63, 3.8) is 0 Å². The van der Waals surface area contributed by atoms with E-state index in [0.717, 1.165) is 9.13 Å². The maximum absolute atomic E-state index is 13.6. The van der Waals surface area contributed by atoms with Gasteiger partial charge in [0.05, 0.1) is 5.38 Å². The molecular formula is C13H9ClFI. The zero-order valence-corrected chi connectivity index (χ0v) is 11.2. The maximum Gasteiger partial charge on any atom is 0.128 e. The summed E-state index contributed by atoms with van der Waals surface area (Å²) in [5.74, 6) is -0.260. The second kappa shape index (κ2) is 5.15. The third kappa shape index (κ3) is 2.55. The van der Waals surface area contributed by atoms with E-state index in [4.69, 9.17) is 11.6 Å². The highest BCUT2D eigenvalue weighted by Gasteiger charge is 2.14. The highest BCUT2D eigenvalue weighted by molar-refractivity contribution is 14.1. The van der Waals surface area contributed by atoms with Crippen LogP contribution in [0.25, 0.3) is 0 Å². The summed E-state index contributed by atoms with van der Waals surface area (Å²) < 4.78 is 14.6. The predicted molar refractivity (Wildman–Crippen MR) is 73.3 cm³/mol. The molecule has 3 heteroatoms. The van der Waals surface area contributed by atoms with Gasteiger partial charge in [-0.15, -0.1) is 11.6 Å². The van der Waals surface area contributed by atoms with Crippen LogP contribution < -0.4 is 0 Å². The monoisotopic (exact) mass is 346 g/mol. The highest BCUT2D eigenvalue weighted by Crippen LogP contribution is 2.31. The van der Waals surface area contributed by atoms with Gasteiger partial charge in [-0.25, -0.2) is 4.39 Å². The Morgan fingerprint density at radius 3 is 2.44 bits per heavy atom. The average molecular weight is 347 g/mol. The molecule has 0 radical (unpaired) electrons. The number of rotatable bonds is 2. The fraction of sp³-hybridized carbons (Fsp3) is 0.0769. The number of halogens is 3. The fourth-order valence-electron chi connectivity index (χ4n) is 1.51. The number of benzene rings is 2. The quantitative estimate of drug-likeness (QED) is 0.543. The molecule has 0 amide bonds. The number of hydrogen-bond acceptors (Lipinski definition) is 0. The van der Waals surface area contributed by atoms with Crippen LogP contribution in [0.3, 0.4) is 0 Å². The smallest absolute Gasteiger partial charge is 0.128 e. The lowest BCUT2D eigenvalue weighted by atomic mass is 10.0. The third-order valence-corrected chi connectivity index (χ3v) is 3.48. The molecule has 0 saturated carbocycles. The lowest BCUT2D eigenvalue weighted by molar-refractivity contribution is 0.612. The number of hydrogen-bond donors (Lipinski definition) is 0. The molecule has 0 saturated heterocycles. The SMILES string of the molecule is Fc1ccc(I)cc1C(Cl)c1ccccc1. The Hall–Kier alpha value is -0.610. The molecule has 0 fully saturated rings. The first-order chi connectivity index (χ1) is 7.68. The van der Waals surface area contributed by atoms with Gasteiger partial charge >= 0.3 is 0 Å². The van der Waals surface area contributed by atoms with Gasteiger partial charge in [-0.1, -0.05) is 30.3 Å². The van der Waals surface area contributed by atoms with Crippen molar-refractivity contribution in [3.05, 3.63) is 69.0 Å². The summed E-state index contributed by atoms with van der Waals surface area (Å²) in [5.41, 5.74) is 1.44. The Morgan fingerprint density at radius 2 is 1.75 bits per heavy atom. The normalized spacial score (nSPS) is 12.4. The van der Waals surface area contributed by atoms with E-state index in [2.05, 4.69) is 22.6 Å². The summed E-state index contributed by atoms with van der Waals surface area (Å²) >= 11 is 8.42. The molecule has 2 rings (SSSR count). The summed E-state index contributed by atoms with van der Waals surface area (Å²) in [6.45, 7) is 0. The molecule has 0 aliphatic heterocycles. The Morgan fingerprint density at radius 1 is 1.06 bits per heavy atom. The van der Waals surface area contributed by atoms with Crippen LogP contribution >= 0.6 is 34.2 Å². The molecule has 16 heavy (non-hydrogen) atoms. The minimum atomic E-state index is -0.434. The van der Waals surface area contributed by atoms with Crippen molar-refractivity contribution in [1.29, 1.82) is 0 Å². The van der Waals surface area contributed by atoms with Gasteiger partial charge in [0.1, 0.15) is 5.82 Å². The van der Waals surface area contributed by atoms with Crippen LogP contribution in [-0.4, -0.2) is 0 Å². The van der Waals surface area contributed by atoms with E-state index < -0.39 is 5.38 Å². The van der Waals surface area contributed by atoms with E-state index in [1.165, 1.54) is 6.07 Å². The molecule has 0 heterocycles. The van der Waals surface area contributed by atoms with Crippen LogP contribution in [0.2, 0.25) is 0 Å². The molecule has 1 atom stereocenters. The molecule has 0 bridgehead atoms. The van der Waals surface area contributed by atoms with Crippen molar-refractivity contribution in [3.8, 4) is 0 Å². The molecule has 82 valence electrons. The van der Waals surface area contributed by atoms with Crippen LogP contribution in [0.5, 0.6) is 0 Å². The van der Waals surface area contributed by atoms with Crippen molar-refractivity contribution >= 4 is 34.2 Å². The fourth-order valence-corrected chi connectivity index (χ4v) is 2.34. The Balaban J connectivity index is 2.41. The summed E-state index contributed by atoms with van der Waals surface area (Å²) in [5, 5.41) is -0.434. The van der Waals surface area contributed by atoms with Crippen molar-refractivity contribution in [1.82, 2.24) is 0 Å². The first-order valence-corrected chi connectivity index (χ1v) is 6.34. The Kier molecular flexibility index (Phi) is 3.82. The van der Waals surface area contributed by atoms with E-state index in [1.54, 1.807) is 12.1 Å². The molecule has 2 aromatic rings. The van der Waals surface area contributed by atoms with Gasteiger partial charge in [0.25, 0.3) is 0 Å². The predicted octanol–water partition coefficient (Wildman–Crippen LogP) is 4.76. The van der Waals surface area contributed by atoms with Gasteiger partial charge in [0.15, 0.2) is 0 Å². The molecule has 1 unspecified atom stereocenters. The average Bonchev–Trinajstić information content (AvgIpc) is 2.32. The van der Waals surface area contributed by atoms with E-state index in [9.17, 15) is 4.39 Å². The summed E-state index contributed by atoms with van der Waals surface area (Å²) in [6.07, 6.45) is 0. The maximum atomic E-state index is 13.6. The summed E-state index contributed by atoms with van der Waals surface area (Å²) in [4.78, 5) is 0. The molecule has 0 aliphatic rings. The van der Waals surface area contributed by atoms with E-state index in [1.807, 2.05) is 30.3 Å². The van der Waals surface area contributed by atoms with Crippen LogP contribution in [0.15, 0.2) is 48.5 Å². The Bertz CT molecular complexity index is 485. The molecule has 0 nitrogen and oxygen atoms in total. The Labute approximate surface area is 113 Å². The van der Waals surface area contributed by atoms with Crippen LogP contribution in [0.4, 0.5) is 4.39 Å². The van der Waals surface area contributed by atoms with Crippen molar-refractivity contribution in [2.75, 3.05) is 0 Å². The highest BCUT2D eigenvalue weighted by atomic mass is 127. The lowest BCUT2D eigenvalue weighted by Crippen LogP contribution is -1.97. The summed E-state index contributed by atoms with van der Waals surface area (Å²) in [7, 11) is 0. The van der Waals surface area contributed by atoms with Crippen molar-refractivity contribution < 1.29 is 4.39 Å². The molecule has 2 aromatic carbocycles. The molecule has 0 N–H and O–H groups in total. The lowest BCUT2D eigenvalue weighted by Gasteiger charge is -2.11. The number of alkyl halides is 1. The van der Waals surface area contributed by atoms with E-state index in [-0.39, 0.29) is 5.82 Å². The third-order valence-electron chi connectivity index (χ3n) is 2.32. The van der Waals surface area contributed by atoms with Crippen LogP contribution in [-0.2, 0) is 0 Å². The molecule has 0 aliphatic carbocycles. The first kappa shape index (κ1) is 11.9. The van der Waals surface area contributed by atoms with Gasteiger partial charge in [-0.05, 0) is 46.4 Å². The van der Waals surface area contributed by atoms with Crippen LogP contribution in [0.1, 0.15) is 16.5 Å². The van der Waals surface area contributed by atoms with Gasteiger partial charge in [-0.3, -0.25) is 0 Å². The van der Waals surface area contributed by atoms with Gasteiger partial charge in [-0.2, -0.15) is 0 Å². The van der Waals surface area contributed by atoms with E-state index >= 15 is 0 Å². The largest absolute Gasteiger partial charge is 0.207 e. The first-order valence-electron chi connectivity index (χ1n) is 4.82. The minimum Gasteiger partial charge on any atom is -0.207 e. The van der Waals surface area contributed by atoms with Gasteiger partial charge in [0.2, 0.25) is 0 Å². The zero-order valence-electron chi connectivity index (χ0n) is 8.33. The summed E-state index contributed by atoms with van der Waals surface area (Å²) in [6, 6.07) is 14.5. The topological polar surface area (TPSA) is 0 Å². The van der Waals surface area contributed by atoms with Gasteiger partial charge < -0.3 is 0 Å². The van der Waals surface area contributed by atoms with Crippen LogP contribution in [0, 0.1) is 9.39 Å². The van der Waals surface area contributed by atoms with Crippen molar-refractivity contribution in [2.45, 2.75) is 5.38 Å². The zero-order chi connectivity index (χ0) is 11.5. The molecule has 0 aromatic heterocycles.